The van der Waals surface area contributed by atoms with E-state index in [-0.39, 0.29) is 12.6 Å². The third-order valence-corrected chi connectivity index (χ3v) is 1.17. The van der Waals surface area contributed by atoms with Gasteiger partial charge in [-0.3, -0.25) is 4.79 Å². The standard InChI is InChI=1S/C7H15NO3/c1-5(2)8-6(4-11-3)7(9)10/h5-6,8H,4H2,1-3H3,(H,9,10)/t6-/m0/s1. The molecule has 0 rings (SSSR count). The lowest BCUT2D eigenvalue weighted by Gasteiger charge is -2.15. The smallest absolute Gasteiger partial charge is 0.323 e. The number of nitrogens with one attached hydrogen (secondary N) is 1. The van der Waals surface area contributed by atoms with E-state index < -0.39 is 12.0 Å². The van der Waals surface area contributed by atoms with Crippen LogP contribution in [0.5, 0.6) is 0 Å². The molecule has 0 heterocycles. The van der Waals surface area contributed by atoms with Crippen molar-refractivity contribution in [3.63, 3.8) is 0 Å². The highest BCUT2D eigenvalue weighted by Crippen LogP contribution is 1.88. The molecule has 0 aromatic carbocycles. The molecule has 0 unspecified atom stereocenters. The van der Waals surface area contributed by atoms with Crippen molar-refractivity contribution in [2.75, 3.05) is 13.7 Å². The number of hydrogen-bond donors (Lipinski definition) is 2. The maximum atomic E-state index is 10.5. The Morgan fingerprint density at radius 3 is 2.45 bits per heavy atom. The van der Waals surface area contributed by atoms with Crippen LogP contribution in [-0.4, -0.2) is 36.9 Å². The fraction of sp³-hybridized carbons (Fsp3) is 0.857. The quantitative estimate of drug-likeness (QED) is 0.599. The molecule has 0 aliphatic heterocycles. The molecular weight excluding hydrogens is 146 g/mol. The number of methoxy groups -OCH3 is 1. The van der Waals surface area contributed by atoms with Gasteiger partial charge in [-0.2, -0.15) is 0 Å². The molecule has 66 valence electrons. The van der Waals surface area contributed by atoms with Gasteiger partial charge in [0.1, 0.15) is 6.04 Å². The maximum Gasteiger partial charge on any atom is 0.323 e. The van der Waals surface area contributed by atoms with Crippen molar-refractivity contribution >= 4 is 5.97 Å². The molecule has 0 aliphatic carbocycles. The number of hydrogen-bond acceptors (Lipinski definition) is 3. The Balaban J connectivity index is 3.79. The Labute approximate surface area is 66.5 Å². The van der Waals surface area contributed by atoms with Crippen LogP contribution >= 0.6 is 0 Å². The Kier molecular flexibility index (Phi) is 4.81. The molecule has 11 heavy (non-hydrogen) atoms. The zero-order valence-electron chi connectivity index (χ0n) is 7.13. The van der Waals surface area contributed by atoms with Gasteiger partial charge in [0.15, 0.2) is 0 Å². The molecule has 2 N–H and O–H groups in total. The second kappa shape index (κ2) is 5.09. The topological polar surface area (TPSA) is 58.6 Å². The first-order valence-corrected chi connectivity index (χ1v) is 3.55. The normalized spacial score (nSPS) is 13.5. The molecule has 4 nitrogen and oxygen atoms in total. The van der Waals surface area contributed by atoms with Crippen LogP contribution in [0, 0.1) is 0 Å². The first-order chi connectivity index (χ1) is 5.07. The Hall–Kier alpha value is -0.610. The minimum absolute atomic E-state index is 0.159. The van der Waals surface area contributed by atoms with Gasteiger partial charge in [-0.1, -0.05) is 13.8 Å². The van der Waals surface area contributed by atoms with Gasteiger partial charge in [-0.25, -0.2) is 0 Å². The highest BCUT2D eigenvalue weighted by molar-refractivity contribution is 5.73. The first kappa shape index (κ1) is 10.4. The second-order valence-electron chi connectivity index (χ2n) is 2.67. The van der Waals surface area contributed by atoms with E-state index in [1.807, 2.05) is 13.8 Å². The van der Waals surface area contributed by atoms with Crippen molar-refractivity contribution in [1.29, 1.82) is 0 Å². The average molecular weight is 161 g/mol. The lowest BCUT2D eigenvalue weighted by molar-refractivity contribution is -0.141. The summed E-state index contributed by atoms with van der Waals surface area (Å²) in [7, 11) is 1.48. The molecule has 0 aliphatic rings. The van der Waals surface area contributed by atoms with Crippen molar-refractivity contribution in [1.82, 2.24) is 5.32 Å². The van der Waals surface area contributed by atoms with Crippen LogP contribution in [0.1, 0.15) is 13.8 Å². The van der Waals surface area contributed by atoms with Gasteiger partial charge in [-0.05, 0) is 0 Å². The van der Waals surface area contributed by atoms with Crippen LogP contribution in [0.25, 0.3) is 0 Å². The van der Waals surface area contributed by atoms with Gasteiger partial charge in [0.05, 0.1) is 6.61 Å². The molecule has 0 saturated heterocycles. The lowest BCUT2D eigenvalue weighted by atomic mass is 10.2. The van der Waals surface area contributed by atoms with Crippen LogP contribution < -0.4 is 5.32 Å². The van der Waals surface area contributed by atoms with E-state index in [9.17, 15) is 4.79 Å². The van der Waals surface area contributed by atoms with Gasteiger partial charge >= 0.3 is 5.97 Å². The predicted octanol–water partition coefficient (Wildman–Crippen LogP) is 0.0840. The zero-order valence-corrected chi connectivity index (χ0v) is 7.13. The van der Waals surface area contributed by atoms with E-state index in [1.54, 1.807) is 0 Å². The van der Waals surface area contributed by atoms with E-state index in [2.05, 4.69) is 5.32 Å². The van der Waals surface area contributed by atoms with Crippen LogP contribution in [0.4, 0.5) is 0 Å². The minimum Gasteiger partial charge on any atom is -0.480 e. The largest absolute Gasteiger partial charge is 0.480 e. The van der Waals surface area contributed by atoms with Crippen LogP contribution in [-0.2, 0) is 9.53 Å². The van der Waals surface area contributed by atoms with Crippen LogP contribution in [0.3, 0.4) is 0 Å². The minimum atomic E-state index is -0.874. The lowest BCUT2D eigenvalue weighted by Crippen LogP contribution is -2.43. The van der Waals surface area contributed by atoms with Gasteiger partial charge in [0.2, 0.25) is 0 Å². The number of carbonyl (C=O) groups is 1. The third-order valence-electron chi connectivity index (χ3n) is 1.17. The highest BCUT2D eigenvalue weighted by atomic mass is 16.5. The summed E-state index contributed by atoms with van der Waals surface area (Å²) in [6, 6.07) is -0.439. The molecular formula is C7H15NO3. The van der Waals surface area contributed by atoms with E-state index in [1.165, 1.54) is 7.11 Å². The summed E-state index contributed by atoms with van der Waals surface area (Å²) in [5.41, 5.74) is 0. The predicted molar refractivity (Wildman–Crippen MR) is 41.6 cm³/mol. The summed E-state index contributed by atoms with van der Waals surface area (Å²) < 4.78 is 4.72. The molecule has 1 atom stereocenters. The van der Waals surface area contributed by atoms with Gasteiger partial charge in [0.25, 0.3) is 0 Å². The molecule has 0 saturated carbocycles. The second-order valence-corrected chi connectivity index (χ2v) is 2.67. The summed E-state index contributed by atoms with van der Waals surface area (Å²) in [4.78, 5) is 10.5. The number of aliphatic carboxylic acids is 1. The number of rotatable bonds is 5. The summed E-state index contributed by atoms with van der Waals surface area (Å²) in [6.07, 6.45) is 0. The highest BCUT2D eigenvalue weighted by Gasteiger charge is 2.16. The van der Waals surface area contributed by atoms with Crippen molar-refractivity contribution in [3.05, 3.63) is 0 Å². The molecule has 0 aromatic rings. The number of ether oxygens (including phenoxy) is 1. The van der Waals surface area contributed by atoms with E-state index in [0.717, 1.165) is 0 Å². The van der Waals surface area contributed by atoms with Gasteiger partial charge < -0.3 is 15.2 Å². The van der Waals surface area contributed by atoms with Crippen LogP contribution in [0.15, 0.2) is 0 Å². The summed E-state index contributed by atoms with van der Waals surface area (Å²) in [6.45, 7) is 3.99. The number of carboxylic acid groups (broad SMARTS) is 1. The Bertz CT molecular complexity index is 125. The summed E-state index contributed by atoms with van der Waals surface area (Å²) >= 11 is 0. The van der Waals surface area contributed by atoms with E-state index in [0.29, 0.717) is 0 Å². The van der Waals surface area contributed by atoms with Crippen molar-refractivity contribution in [2.45, 2.75) is 25.9 Å². The molecule has 0 aromatic heterocycles. The fourth-order valence-corrected chi connectivity index (χ4v) is 0.760. The van der Waals surface area contributed by atoms with Gasteiger partial charge in [-0.15, -0.1) is 0 Å². The maximum absolute atomic E-state index is 10.5. The average Bonchev–Trinajstić information content (AvgIpc) is 1.86. The molecule has 0 radical (unpaired) electrons. The van der Waals surface area contributed by atoms with Crippen LogP contribution in [0.2, 0.25) is 0 Å². The van der Waals surface area contributed by atoms with Crippen molar-refractivity contribution in [3.8, 4) is 0 Å². The molecule has 4 heteroatoms. The van der Waals surface area contributed by atoms with Crippen molar-refractivity contribution in [2.24, 2.45) is 0 Å². The van der Waals surface area contributed by atoms with E-state index >= 15 is 0 Å². The summed E-state index contributed by atoms with van der Waals surface area (Å²) in [5, 5.41) is 11.5. The zero-order chi connectivity index (χ0) is 8.85. The summed E-state index contributed by atoms with van der Waals surface area (Å²) in [5.74, 6) is -0.874. The monoisotopic (exact) mass is 161 g/mol. The van der Waals surface area contributed by atoms with Gasteiger partial charge in [0, 0.05) is 13.2 Å². The first-order valence-electron chi connectivity index (χ1n) is 3.55. The third kappa shape index (κ3) is 4.75. The fourth-order valence-electron chi connectivity index (χ4n) is 0.760. The molecule has 0 fully saturated rings. The molecule has 0 amide bonds. The SMILES string of the molecule is COC[C@H](NC(C)C)C(=O)O. The Morgan fingerprint density at radius 2 is 2.18 bits per heavy atom. The van der Waals surface area contributed by atoms with E-state index in [4.69, 9.17) is 9.84 Å². The van der Waals surface area contributed by atoms with Crippen molar-refractivity contribution < 1.29 is 14.6 Å². The molecule has 0 spiro atoms. The number of carboxylic acids is 1. The Morgan fingerprint density at radius 1 is 1.64 bits per heavy atom. The molecule has 0 bridgehead atoms.